The average Bonchev–Trinajstić information content (AvgIpc) is 2.03. The van der Waals surface area contributed by atoms with E-state index >= 15 is 0 Å². The summed E-state index contributed by atoms with van der Waals surface area (Å²) in [5.74, 6) is 0.820. The van der Waals surface area contributed by atoms with Gasteiger partial charge in [-0.2, -0.15) is 0 Å². The predicted octanol–water partition coefficient (Wildman–Crippen LogP) is 3.40. The Bertz CT molecular complexity index is 132. The molecule has 0 saturated carbocycles. The van der Waals surface area contributed by atoms with Gasteiger partial charge in [-0.15, -0.1) is 12.6 Å². The van der Waals surface area contributed by atoms with Crippen LogP contribution in [0.15, 0.2) is 22.8 Å². The van der Waals surface area contributed by atoms with E-state index < -0.39 is 0 Å². The van der Waals surface area contributed by atoms with Gasteiger partial charge in [0.2, 0.25) is 0 Å². The second-order valence-electron chi connectivity index (χ2n) is 1.65. The fourth-order valence-electron chi connectivity index (χ4n) is 0.488. The van der Waals surface area contributed by atoms with Crippen LogP contribution in [0.25, 0.3) is 0 Å². The van der Waals surface area contributed by atoms with E-state index in [4.69, 9.17) is 4.74 Å². The van der Waals surface area contributed by atoms with Gasteiger partial charge in [-0.1, -0.05) is 19.9 Å². The Kier molecular flexibility index (Phi) is 11.6. The number of ether oxygens (including phenoxy) is 1. The molecule has 2 heteroatoms. The number of methoxy groups -OCH3 is 1. The lowest BCUT2D eigenvalue weighted by Crippen LogP contribution is -1.82. The van der Waals surface area contributed by atoms with Gasteiger partial charge in [0.25, 0.3) is 0 Å². The fourth-order valence-corrected chi connectivity index (χ4v) is 0.654. The standard InChI is InChI=1S/C7H12OS.C2H6/c1-4-5-7(8-3)6(2)9;1-2/h4-5,9H,1-3H3;1-2H3/b5-4-,7-6-;. The molecule has 1 nitrogen and oxygen atoms in total. The maximum absolute atomic E-state index is 4.97. The summed E-state index contributed by atoms with van der Waals surface area (Å²) in [6.07, 6.45) is 3.79. The van der Waals surface area contributed by atoms with E-state index in [1.807, 2.05) is 39.8 Å². The summed E-state index contributed by atoms with van der Waals surface area (Å²) in [6, 6.07) is 0. The molecule has 0 atom stereocenters. The first-order valence-corrected chi connectivity index (χ1v) is 4.23. The summed E-state index contributed by atoms with van der Waals surface area (Å²) >= 11 is 4.11. The van der Waals surface area contributed by atoms with E-state index in [0.29, 0.717) is 0 Å². The Morgan fingerprint density at radius 2 is 1.82 bits per heavy atom. The van der Waals surface area contributed by atoms with Crippen molar-refractivity contribution in [3.8, 4) is 0 Å². The SMILES string of the molecule is C/C=C\C(OC)=C(/C)S.CC. The molecule has 66 valence electrons. The molecule has 0 N–H and O–H groups in total. The predicted molar refractivity (Wildman–Crippen MR) is 54.9 cm³/mol. The highest BCUT2D eigenvalue weighted by atomic mass is 32.1. The normalized spacial score (nSPS) is 11.8. The van der Waals surface area contributed by atoms with Crippen LogP contribution in [-0.4, -0.2) is 7.11 Å². The van der Waals surface area contributed by atoms with Crippen molar-refractivity contribution >= 4 is 12.6 Å². The molecule has 0 amide bonds. The number of hydrogen-bond acceptors (Lipinski definition) is 2. The van der Waals surface area contributed by atoms with Crippen LogP contribution in [0, 0.1) is 0 Å². The van der Waals surface area contributed by atoms with Gasteiger partial charge in [0.05, 0.1) is 7.11 Å². The van der Waals surface area contributed by atoms with Gasteiger partial charge >= 0.3 is 0 Å². The number of thiol groups is 1. The van der Waals surface area contributed by atoms with E-state index in [2.05, 4.69) is 12.6 Å². The zero-order valence-corrected chi connectivity index (χ0v) is 8.90. The van der Waals surface area contributed by atoms with Crippen molar-refractivity contribution in [3.63, 3.8) is 0 Å². The third-order valence-corrected chi connectivity index (χ3v) is 1.11. The van der Waals surface area contributed by atoms with Gasteiger partial charge < -0.3 is 4.74 Å². The second kappa shape index (κ2) is 9.63. The first-order valence-electron chi connectivity index (χ1n) is 3.79. The van der Waals surface area contributed by atoms with E-state index in [1.165, 1.54) is 0 Å². The molecule has 0 heterocycles. The molecule has 0 aromatic carbocycles. The summed E-state index contributed by atoms with van der Waals surface area (Å²) in [7, 11) is 1.63. The summed E-state index contributed by atoms with van der Waals surface area (Å²) < 4.78 is 4.97. The lowest BCUT2D eigenvalue weighted by molar-refractivity contribution is 0.305. The molecule has 0 bridgehead atoms. The van der Waals surface area contributed by atoms with Crippen molar-refractivity contribution in [1.29, 1.82) is 0 Å². The maximum Gasteiger partial charge on any atom is 0.127 e. The Morgan fingerprint density at radius 3 is 1.91 bits per heavy atom. The Hall–Kier alpha value is -0.370. The molecule has 0 rings (SSSR count). The van der Waals surface area contributed by atoms with Gasteiger partial charge in [-0.05, 0) is 19.9 Å². The first-order chi connectivity index (χ1) is 5.22. The lowest BCUT2D eigenvalue weighted by atomic mass is 10.4. The molecule has 0 unspecified atom stereocenters. The number of rotatable bonds is 2. The maximum atomic E-state index is 4.97. The van der Waals surface area contributed by atoms with E-state index in [-0.39, 0.29) is 0 Å². The molecule has 0 saturated heterocycles. The minimum absolute atomic E-state index is 0.820. The van der Waals surface area contributed by atoms with Gasteiger partial charge in [-0.25, -0.2) is 0 Å². The van der Waals surface area contributed by atoms with Crippen molar-refractivity contribution in [2.45, 2.75) is 27.7 Å². The van der Waals surface area contributed by atoms with E-state index in [1.54, 1.807) is 7.11 Å². The van der Waals surface area contributed by atoms with Crippen LogP contribution >= 0.6 is 12.6 Å². The highest BCUT2D eigenvalue weighted by Crippen LogP contribution is 2.08. The lowest BCUT2D eigenvalue weighted by Gasteiger charge is -1.99. The molecule has 11 heavy (non-hydrogen) atoms. The van der Waals surface area contributed by atoms with E-state index in [0.717, 1.165) is 10.7 Å². The zero-order chi connectivity index (χ0) is 9.28. The van der Waals surface area contributed by atoms with Crippen LogP contribution in [0.3, 0.4) is 0 Å². The van der Waals surface area contributed by atoms with Gasteiger partial charge in [-0.3, -0.25) is 0 Å². The van der Waals surface area contributed by atoms with Crippen LogP contribution in [0.5, 0.6) is 0 Å². The summed E-state index contributed by atoms with van der Waals surface area (Å²) in [4.78, 5) is 0.899. The van der Waals surface area contributed by atoms with Crippen LogP contribution in [0.4, 0.5) is 0 Å². The number of allylic oxidation sites excluding steroid dienone is 3. The average molecular weight is 174 g/mol. The summed E-state index contributed by atoms with van der Waals surface area (Å²) in [5.41, 5.74) is 0. The molecule has 0 radical (unpaired) electrons. The summed E-state index contributed by atoms with van der Waals surface area (Å²) in [5, 5.41) is 0. The molecule has 0 aliphatic carbocycles. The third-order valence-electron chi connectivity index (χ3n) is 0.895. The quantitative estimate of drug-likeness (QED) is 0.383. The van der Waals surface area contributed by atoms with E-state index in [9.17, 15) is 0 Å². The Morgan fingerprint density at radius 1 is 1.36 bits per heavy atom. The smallest absolute Gasteiger partial charge is 0.127 e. The molecule has 0 aromatic heterocycles. The first kappa shape index (κ1) is 13.2. The second-order valence-corrected chi connectivity index (χ2v) is 2.32. The van der Waals surface area contributed by atoms with Crippen LogP contribution in [0.2, 0.25) is 0 Å². The van der Waals surface area contributed by atoms with Crippen molar-refractivity contribution in [1.82, 2.24) is 0 Å². The van der Waals surface area contributed by atoms with Crippen LogP contribution in [-0.2, 0) is 4.74 Å². The minimum Gasteiger partial charge on any atom is -0.496 e. The molecular weight excluding hydrogens is 156 g/mol. The monoisotopic (exact) mass is 174 g/mol. The number of hydrogen-bond donors (Lipinski definition) is 1. The fraction of sp³-hybridized carbons (Fsp3) is 0.556. The molecule has 0 spiro atoms. The van der Waals surface area contributed by atoms with Gasteiger partial charge in [0, 0.05) is 4.91 Å². The van der Waals surface area contributed by atoms with Crippen molar-refractivity contribution < 1.29 is 4.74 Å². The molecule has 0 aliphatic rings. The Labute approximate surface area is 75.6 Å². The zero-order valence-electron chi connectivity index (χ0n) is 8.01. The third kappa shape index (κ3) is 7.53. The van der Waals surface area contributed by atoms with Crippen molar-refractivity contribution in [3.05, 3.63) is 22.8 Å². The topological polar surface area (TPSA) is 9.23 Å². The van der Waals surface area contributed by atoms with Crippen LogP contribution < -0.4 is 0 Å². The van der Waals surface area contributed by atoms with Crippen molar-refractivity contribution in [2.24, 2.45) is 0 Å². The molecular formula is C9H18OS. The Balaban J connectivity index is 0. The van der Waals surface area contributed by atoms with Gasteiger partial charge in [0.15, 0.2) is 0 Å². The molecule has 0 fully saturated rings. The molecule has 0 aliphatic heterocycles. The summed E-state index contributed by atoms with van der Waals surface area (Å²) in [6.45, 7) is 7.83. The van der Waals surface area contributed by atoms with Crippen LogP contribution in [0.1, 0.15) is 27.7 Å². The van der Waals surface area contributed by atoms with Gasteiger partial charge in [0.1, 0.15) is 5.76 Å². The highest BCUT2D eigenvalue weighted by Gasteiger charge is 1.89. The van der Waals surface area contributed by atoms with Crippen molar-refractivity contribution in [2.75, 3.05) is 7.11 Å². The largest absolute Gasteiger partial charge is 0.496 e. The minimum atomic E-state index is 0.820. The molecule has 0 aromatic rings. The highest BCUT2D eigenvalue weighted by molar-refractivity contribution is 7.84.